The average Bonchev–Trinajstić information content (AvgIpc) is 2.43. The molecular formula is C14H17ClN2O2S. The van der Waals surface area contributed by atoms with Crippen molar-refractivity contribution in [1.29, 1.82) is 5.26 Å². The Kier molecular flexibility index (Phi) is 7.27. The smallest absolute Gasteiger partial charge is 0.237 e. The van der Waals surface area contributed by atoms with Crippen LogP contribution in [0.1, 0.15) is 19.8 Å². The number of nitrogens with zero attached hydrogens (tertiary/aromatic N) is 1. The SMILES string of the molecule is COc1ccc(NC(=O)C(C)SCCCC#N)cc1Cl. The summed E-state index contributed by atoms with van der Waals surface area (Å²) in [6, 6.07) is 7.20. The first-order chi connectivity index (χ1) is 9.58. The Bertz CT molecular complexity index is 502. The fourth-order valence-electron chi connectivity index (χ4n) is 1.48. The minimum atomic E-state index is -0.172. The molecule has 0 aromatic heterocycles. The quantitative estimate of drug-likeness (QED) is 0.780. The molecule has 6 heteroatoms. The third-order valence-corrected chi connectivity index (χ3v) is 4.12. The van der Waals surface area contributed by atoms with Gasteiger partial charge in [-0.1, -0.05) is 11.6 Å². The molecule has 0 saturated heterocycles. The van der Waals surface area contributed by atoms with E-state index in [1.807, 2.05) is 6.92 Å². The number of carbonyl (C=O) groups excluding carboxylic acids is 1. The number of unbranched alkanes of at least 4 members (excludes halogenated alkanes) is 1. The van der Waals surface area contributed by atoms with Gasteiger partial charge < -0.3 is 10.1 Å². The second-order valence-electron chi connectivity index (χ2n) is 4.11. The van der Waals surface area contributed by atoms with Gasteiger partial charge in [0.15, 0.2) is 0 Å². The second-order valence-corrected chi connectivity index (χ2v) is 5.97. The molecule has 0 fully saturated rings. The van der Waals surface area contributed by atoms with Gasteiger partial charge in [-0.3, -0.25) is 4.79 Å². The molecule has 1 atom stereocenters. The topological polar surface area (TPSA) is 62.1 Å². The lowest BCUT2D eigenvalue weighted by atomic mass is 10.3. The number of amides is 1. The Morgan fingerprint density at radius 3 is 2.95 bits per heavy atom. The minimum absolute atomic E-state index is 0.0757. The highest BCUT2D eigenvalue weighted by Gasteiger charge is 2.13. The van der Waals surface area contributed by atoms with Gasteiger partial charge in [0, 0.05) is 12.1 Å². The second kappa shape index (κ2) is 8.72. The van der Waals surface area contributed by atoms with Gasteiger partial charge in [0.25, 0.3) is 0 Å². The van der Waals surface area contributed by atoms with Crippen molar-refractivity contribution in [2.45, 2.75) is 25.0 Å². The summed E-state index contributed by atoms with van der Waals surface area (Å²) < 4.78 is 5.05. The maximum Gasteiger partial charge on any atom is 0.237 e. The van der Waals surface area contributed by atoms with Crippen LogP contribution in [0.15, 0.2) is 18.2 Å². The number of hydrogen-bond acceptors (Lipinski definition) is 4. The average molecular weight is 313 g/mol. The monoisotopic (exact) mass is 312 g/mol. The third-order valence-electron chi connectivity index (χ3n) is 2.59. The Hall–Kier alpha value is -1.38. The van der Waals surface area contributed by atoms with Crippen LogP contribution in [0.5, 0.6) is 5.75 Å². The number of methoxy groups -OCH3 is 1. The maximum absolute atomic E-state index is 12.0. The molecule has 1 aromatic rings. The van der Waals surface area contributed by atoms with E-state index in [2.05, 4.69) is 11.4 Å². The summed E-state index contributed by atoms with van der Waals surface area (Å²) in [6.45, 7) is 1.84. The van der Waals surface area contributed by atoms with Crippen LogP contribution >= 0.6 is 23.4 Å². The fraction of sp³-hybridized carbons (Fsp3) is 0.429. The van der Waals surface area contributed by atoms with Crippen LogP contribution in [0, 0.1) is 11.3 Å². The predicted octanol–water partition coefficient (Wildman–Crippen LogP) is 3.71. The van der Waals surface area contributed by atoms with Crippen molar-refractivity contribution in [3.05, 3.63) is 23.2 Å². The number of halogens is 1. The zero-order valence-electron chi connectivity index (χ0n) is 11.5. The van der Waals surface area contributed by atoms with Gasteiger partial charge in [-0.05, 0) is 37.3 Å². The largest absolute Gasteiger partial charge is 0.495 e. The first-order valence-corrected chi connectivity index (χ1v) is 7.64. The van der Waals surface area contributed by atoms with Gasteiger partial charge >= 0.3 is 0 Å². The number of hydrogen-bond donors (Lipinski definition) is 1. The summed E-state index contributed by atoms with van der Waals surface area (Å²) in [4.78, 5) is 12.0. The highest BCUT2D eigenvalue weighted by molar-refractivity contribution is 8.00. The summed E-state index contributed by atoms with van der Waals surface area (Å²) in [5.41, 5.74) is 0.644. The van der Waals surface area contributed by atoms with Gasteiger partial charge in [-0.2, -0.15) is 5.26 Å². The molecule has 0 bridgehead atoms. The summed E-state index contributed by atoms with van der Waals surface area (Å²) in [7, 11) is 1.54. The number of nitriles is 1. The number of ether oxygens (including phenoxy) is 1. The van der Waals surface area contributed by atoms with Crippen LogP contribution in [0.3, 0.4) is 0 Å². The first-order valence-electron chi connectivity index (χ1n) is 6.21. The molecule has 1 unspecified atom stereocenters. The van der Waals surface area contributed by atoms with E-state index in [-0.39, 0.29) is 11.2 Å². The molecule has 4 nitrogen and oxygen atoms in total. The number of nitrogens with one attached hydrogen (secondary N) is 1. The molecule has 108 valence electrons. The third kappa shape index (κ3) is 5.32. The zero-order chi connectivity index (χ0) is 15.0. The van der Waals surface area contributed by atoms with Crippen LogP contribution in [-0.4, -0.2) is 24.0 Å². The van der Waals surface area contributed by atoms with E-state index in [0.29, 0.717) is 22.9 Å². The first kappa shape index (κ1) is 16.7. The van der Waals surface area contributed by atoms with Crippen molar-refractivity contribution in [3.8, 4) is 11.8 Å². The minimum Gasteiger partial charge on any atom is -0.495 e. The van der Waals surface area contributed by atoms with E-state index in [9.17, 15) is 4.79 Å². The molecule has 0 saturated carbocycles. The van der Waals surface area contributed by atoms with Crippen molar-refractivity contribution in [1.82, 2.24) is 0 Å². The molecule has 1 N–H and O–H groups in total. The Balaban J connectivity index is 2.49. The Morgan fingerprint density at radius 1 is 1.60 bits per heavy atom. The van der Waals surface area contributed by atoms with Crippen molar-refractivity contribution >= 4 is 35.0 Å². The standard InChI is InChI=1S/C14H17ClN2O2S/c1-10(20-8-4-3-7-16)14(18)17-11-5-6-13(19-2)12(15)9-11/h5-6,9-10H,3-4,8H2,1-2H3,(H,17,18). The highest BCUT2D eigenvalue weighted by Crippen LogP contribution is 2.27. The van der Waals surface area contributed by atoms with Gasteiger partial charge in [0.1, 0.15) is 5.75 Å². The lowest BCUT2D eigenvalue weighted by Gasteiger charge is -2.12. The summed E-state index contributed by atoms with van der Waals surface area (Å²) in [5, 5.41) is 11.5. The Morgan fingerprint density at radius 2 is 2.35 bits per heavy atom. The maximum atomic E-state index is 12.0. The van der Waals surface area contributed by atoms with E-state index in [1.165, 1.54) is 11.8 Å². The number of anilines is 1. The molecule has 0 radical (unpaired) electrons. The molecule has 0 heterocycles. The van der Waals surface area contributed by atoms with Gasteiger partial charge in [-0.15, -0.1) is 11.8 Å². The zero-order valence-corrected chi connectivity index (χ0v) is 13.1. The molecule has 0 aliphatic heterocycles. The molecule has 1 amide bonds. The van der Waals surface area contributed by atoms with Crippen molar-refractivity contribution in [2.75, 3.05) is 18.2 Å². The van der Waals surface area contributed by atoms with Crippen LogP contribution in [0.2, 0.25) is 5.02 Å². The summed E-state index contributed by atoms with van der Waals surface area (Å²) >= 11 is 7.53. The fourth-order valence-corrected chi connectivity index (χ4v) is 2.61. The van der Waals surface area contributed by atoms with E-state index in [4.69, 9.17) is 21.6 Å². The number of thioether (sulfide) groups is 1. The predicted molar refractivity (Wildman–Crippen MR) is 83.4 cm³/mol. The number of carbonyl (C=O) groups is 1. The van der Waals surface area contributed by atoms with Gasteiger partial charge in [0.2, 0.25) is 5.91 Å². The van der Waals surface area contributed by atoms with Crippen molar-refractivity contribution in [3.63, 3.8) is 0 Å². The normalized spacial score (nSPS) is 11.5. The lowest BCUT2D eigenvalue weighted by Crippen LogP contribution is -2.22. The molecule has 0 spiro atoms. The van der Waals surface area contributed by atoms with Gasteiger partial charge in [0.05, 0.1) is 23.5 Å². The summed E-state index contributed by atoms with van der Waals surface area (Å²) in [6.07, 6.45) is 1.32. The molecule has 0 aliphatic rings. The number of benzene rings is 1. The van der Waals surface area contributed by atoms with Crippen LogP contribution in [0.25, 0.3) is 0 Å². The van der Waals surface area contributed by atoms with E-state index in [0.717, 1.165) is 12.2 Å². The Labute approximate surface area is 128 Å². The van der Waals surface area contributed by atoms with Crippen LogP contribution in [-0.2, 0) is 4.79 Å². The lowest BCUT2D eigenvalue weighted by molar-refractivity contribution is -0.115. The van der Waals surface area contributed by atoms with E-state index < -0.39 is 0 Å². The van der Waals surface area contributed by atoms with Crippen LogP contribution in [0.4, 0.5) is 5.69 Å². The molecule has 1 aromatic carbocycles. The summed E-state index contributed by atoms with van der Waals surface area (Å²) in [5.74, 6) is 1.29. The van der Waals surface area contributed by atoms with Gasteiger partial charge in [-0.25, -0.2) is 0 Å². The van der Waals surface area contributed by atoms with Crippen molar-refractivity contribution < 1.29 is 9.53 Å². The molecule has 0 aliphatic carbocycles. The van der Waals surface area contributed by atoms with E-state index >= 15 is 0 Å². The highest BCUT2D eigenvalue weighted by atomic mass is 35.5. The molecule has 20 heavy (non-hydrogen) atoms. The number of rotatable bonds is 7. The van der Waals surface area contributed by atoms with E-state index in [1.54, 1.807) is 25.3 Å². The molecule has 1 rings (SSSR count). The van der Waals surface area contributed by atoms with Crippen molar-refractivity contribution in [2.24, 2.45) is 0 Å². The molecular weight excluding hydrogens is 296 g/mol. The van der Waals surface area contributed by atoms with Crippen LogP contribution < -0.4 is 10.1 Å².